The Hall–Kier alpha value is -3.15. The van der Waals surface area contributed by atoms with Crippen LogP contribution in [0.25, 0.3) is 11.0 Å². The Labute approximate surface area is 163 Å². The van der Waals surface area contributed by atoms with Gasteiger partial charge in [-0.3, -0.25) is 9.59 Å². The van der Waals surface area contributed by atoms with Crippen molar-refractivity contribution >= 4 is 22.8 Å². The first-order valence-electron chi connectivity index (χ1n) is 9.70. The van der Waals surface area contributed by atoms with E-state index in [9.17, 15) is 9.59 Å². The highest BCUT2D eigenvalue weighted by atomic mass is 16.2. The minimum atomic E-state index is -0.294. The molecule has 28 heavy (non-hydrogen) atoms. The van der Waals surface area contributed by atoms with Gasteiger partial charge < -0.3 is 15.6 Å². The number of rotatable bonds is 6. The number of fused-ring (bicyclic) bond motifs is 2. The fourth-order valence-electron chi connectivity index (χ4n) is 3.74. The summed E-state index contributed by atoms with van der Waals surface area (Å²) >= 11 is 0. The van der Waals surface area contributed by atoms with E-state index in [0.717, 1.165) is 28.8 Å². The zero-order valence-corrected chi connectivity index (χ0v) is 16.0. The number of carbonyl (C=O) groups excluding carboxylic acids is 2. The van der Waals surface area contributed by atoms with Gasteiger partial charge in [-0.2, -0.15) is 0 Å². The number of nitrogens with one attached hydrogen (secondary N) is 3. The quantitative estimate of drug-likeness (QED) is 0.614. The van der Waals surface area contributed by atoms with E-state index < -0.39 is 0 Å². The molecule has 2 amide bonds. The van der Waals surface area contributed by atoms with Crippen LogP contribution in [0, 0.1) is 5.92 Å². The molecule has 0 bridgehead atoms. The summed E-state index contributed by atoms with van der Waals surface area (Å²) in [7, 11) is 0. The number of benzene rings is 2. The van der Waals surface area contributed by atoms with Gasteiger partial charge in [0, 0.05) is 5.56 Å². The maximum atomic E-state index is 12.8. The molecule has 1 aliphatic rings. The predicted molar refractivity (Wildman–Crippen MR) is 108 cm³/mol. The Morgan fingerprint density at radius 1 is 1.18 bits per heavy atom. The van der Waals surface area contributed by atoms with Gasteiger partial charge in [0.15, 0.2) is 0 Å². The number of H-pyrrole nitrogens is 1. The molecule has 1 aliphatic heterocycles. The van der Waals surface area contributed by atoms with Gasteiger partial charge in [-0.15, -0.1) is 0 Å². The highest BCUT2D eigenvalue weighted by Crippen LogP contribution is 2.29. The van der Waals surface area contributed by atoms with Crippen LogP contribution >= 0.6 is 0 Å². The van der Waals surface area contributed by atoms with E-state index in [1.807, 2.05) is 42.5 Å². The van der Waals surface area contributed by atoms with Gasteiger partial charge >= 0.3 is 0 Å². The molecule has 0 aliphatic carbocycles. The SMILES string of the molecule is CC[C@H](C)[C@@H](NC(=O)C[C@@H]1NC(=O)c2ccccc21)c1nc2ccccc2[nH]1. The number of nitrogens with zero attached hydrogens (tertiary/aromatic N) is 1. The summed E-state index contributed by atoms with van der Waals surface area (Å²) in [6.07, 6.45) is 1.11. The molecule has 0 spiro atoms. The average Bonchev–Trinajstić information content (AvgIpc) is 3.27. The Kier molecular flexibility index (Phi) is 4.86. The lowest BCUT2D eigenvalue weighted by Gasteiger charge is -2.23. The van der Waals surface area contributed by atoms with Gasteiger partial charge in [0.25, 0.3) is 5.91 Å². The summed E-state index contributed by atoms with van der Waals surface area (Å²) in [5.41, 5.74) is 3.37. The Morgan fingerprint density at radius 2 is 1.93 bits per heavy atom. The molecular formula is C22H24N4O2. The molecule has 3 atom stereocenters. The molecule has 0 saturated carbocycles. The van der Waals surface area contributed by atoms with E-state index in [1.165, 1.54) is 0 Å². The van der Waals surface area contributed by atoms with Crippen molar-refractivity contribution in [1.29, 1.82) is 0 Å². The second-order valence-electron chi connectivity index (χ2n) is 7.39. The van der Waals surface area contributed by atoms with Crippen molar-refractivity contribution in [3.8, 4) is 0 Å². The van der Waals surface area contributed by atoms with Crippen molar-refractivity contribution in [2.75, 3.05) is 0 Å². The summed E-state index contributed by atoms with van der Waals surface area (Å²) in [6, 6.07) is 14.7. The third kappa shape index (κ3) is 3.38. The van der Waals surface area contributed by atoms with E-state index in [4.69, 9.17) is 0 Å². The Balaban J connectivity index is 1.53. The first-order valence-corrected chi connectivity index (χ1v) is 9.70. The third-order valence-electron chi connectivity index (χ3n) is 5.51. The second kappa shape index (κ2) is 7.46. The van der Waals surface area contributed by atoms with Crippen LogP contribution < -0.4 is 10.6 Å². The van der Waals surface area contributed by atoms with Crippen LogP contribution in [0.15, 0.2) is 48.5 Å². The molecule has 6 heteroatoms. The molecule has 1 aromatic heterocycles. The standard InChI is InChI=1S/C22H24N4O2/c1-3-13(2)20(21-23-16-10-6-7-11-17(16)24-21)26-19(27)12-18-14-8-4-5-9-15(14)22(28)25-18/h4-11,13,18,20H,3,12H2,1-2H3,(H,23,24)(H,25,28)(H,26,27)/t13-,18-,20+/m0/s1. The fraction of sp³-hybridized carbons (Fsp3) is 0.318. The van der Waals surface area contributed by atoms with E-state index in [1.54, 1.807) is 6.07 Å². The third-order valence-corrected chi connectivity index (χ3v) is 5.51. The van der Waals surface area contributed by atoms with Gasteiger partial charge in [-0.05, 0) is 29.7 Å². The molecule has 2 heterocycles. The number of aromatic nitrogens is 2. The van der Waals surface area contributed by atoms with Gasteiger partial charge in [0.05, 0.1) is 29.5 Å². The van der Waals surface area contributed by atoms with Gasteiger partial charge in [0.2, 0.25) is 5.91 Å². The van der Waals surface area contributed by atoms with Gasteiger partial charge in [-0.1, -0.05) is 50.6 Å². The lowest BCUT2D eigenvalue weighted by molar-refractivity contribution is -0.122. The smallest absolute Gasteiger partial charge is 0.252 e. The largest absolute Gasteiger partial charge is 0.346 e. The lowest BCUT2D eigenvalue weighted by Crippen LogP contribution is -2.35. The van der Waals surface area contributed by atoms with E-state index in [-0.39, 0.29) is 36.2 Å². The minimum Gasteiger partial charge on any atom is -0.346 e. The first kappa shape index (κ1) is 18.2. The monoisotopic (exact) mass is 376 g/mol. The van der Waals surface area contributed by atoms with Crippen molar-refractivity contribution in [1.82, 2.24) is 20.6 Å². The summed E-state index contributed by atoms with van der Waals surface area (Å²) in [4.78, 5) is 32.9. The lowest BCUT2D eigenvalue weighted by atomic mass is 9.97. The number of hydrogen-bond acceptors (Lipinski definition) is 3. The Bertz CT molecular complexity index is 993. The first-order chi connectivity index (χ1) is 13.6. The maximum absolute atomic E-state index is 12.8. The molecule has 0 unspecified atom stereocenters. The van der Waals surface area contributed by atoms with E-state index in [2.05, 4.69) is 34.4 Å². The molecule has 0 radical (unpaired) electrons. The van der Waals surface area contributed by atoms with Crippen LogP contribution in [-0.4, -0.2) is 21.8 Å². The van der Waals surface area contributed by atoms with Crippen LogP contribution in [0.5, 0.6) is 0 Å². The number of imidazole rings is 1. The molecule has 4 rings (SSSR count). The molecule has 6 nitrogen and oxygen atoms in total. The van der Waals surface area contributed by atoms with Crippen LogP contribution in [0.2, 0.25) is 0 Å². The molecule has 2 aromatic carbocycles. The fourth-order valence-corrected chi connectivity index (χ4v) is 3.74. The second-order valence-corrected chi connectivity index (χ2v) is 7.39. The molecule has 144 valence electrons. The summed E-state index contributed by atoms with van der Waals surface area (Å²) < 4.78 is 0. The van der Waals surface area contributed by atoms with E-state index >= 15 is 0 Å². The van der Waals surface area contributed by atoms with Crippen molar-refractivity contribution in [3.05, 3.63) is 65.5 Å². The number of aromatic amines is 1. The number of amides is 2. The van der Waals surface area contributed by atoms with E-state index in [0.29, 0.717) is 5.56 Å². The highest BCUT2D eigenvalue weighted by Gasteiger charge is 2.31. The van der Waals surface area contributed by atoms with Crippen LogP contribution in [-0.2, 0) is 4.79 Å². The van der Waals surface area contributed by atoms with Crippen molar-refractivity contribution in [2.45, 2.75) is 38.8 Å². The van der Waals surface area contributed by atoms with Crippen molar-refractivity contribution < 1.29 is 9.59 Å². The molecule has 0 saturated heterocycles. The predicted octanol–water partition coefficient (Wildman–Crippen LogP) is 3.64. The topological polar surface area (TPSA) is 86.9 Å². The normalized spacial score (nSPS) is 17.8. The number of para-hydroxylation sites is 2. The molecule has 0 fully saturated rings. The molecular weight excluding hydrogens is 352 g/mol. The van der Waals surface area contributed by atoms with Gasteiger partial charge in [0.1, 0.15) is 5.82 Å². The summed E-state index contributed by atoms with van der Waals surface area (Å²) in [5, 5.41) is 6.04. The molecule has 3 N–H and O–H groups in total. The van der Waals surface area contributed by atoms with Crippen LogP contribution in [0.4, 0.5) is 0 Å². The zero-order valence-electron chi connectivity index (χ0n) is 16.0. The van der Waals surface area contributed by atoms with Crippen molar-refractivity contribution in [3.63, 3.8) is 0 Å². The Morgan fingerprint density at radius 3 is 2.71 bits per heavy atom. The minimum absolute atomic E-state index is 0.104. The molecule has 3 aromatic rings. The number of carbonyl (C=O) groups is 2. The summed E-state index contributed by atoms with van der Waals surface area (Å²) in [6.45, 7) is 4.20. The van der Waals surface area contributed by atoms with Gasteiger partial charge in [-0.25, -0.2) is 4.98 Å². The van der Waals surface area contributed by atoms with Crippen molar-refractivity contribution in [2.24, 2.45) is 5.92 Å². The number of hydrogen-bond donors (Lipinski definition) is 3. The zero-order chi connectivity index (χ0) is 19.7. The van der Waals surface area contributed by atoms with Crippen LogP contribution in [0.3, 0.4) is 0 Å². The average molecular weight is 376 g/mol. The maximum Gasteiger partial charge on any atom is 0.252 e. The highest BCUT2D eigenvalue weighted by molar-refractivity contribution is 5.99. The van der Waals surface area contributed by atoms with Crippen LogP contribution in [0.1, 0.15) is 60.5 Å². The summed E-state index contributed by atoms with van der Waals surface area (Å²) in [5.74, 6) is 0.756.